The van der Waals surface area contributed by atoms with Crippen LogP contribution in [0.15, 0.2) is 103 Å². The quantitative estimate of drug-likeness (QED) is 0.0703. The van der Waals surface area contributed by atoms with Crippen molar-refractivity contribution in [1.29, 1.82) is 0 Å². The van der Waals surface area contributed by atoms with E-state index in [0.29, 0.717) is 31.3 Å². The lowest BCUT2D eigenvalue weighted by atomic mass is 9.95. The van der Waals surface area contributed by atoms with Crippen molar-refractivity contribution in [2.45, 2.75) is 25.2 Å². The highest BCUT2D eigenvalue weighted by Crippen LogP contribution is 2.41. The lowest BCUT2D eigenvalue weighted by Gasteiger charge is -2.16. The minimum absolute atomic E-state index is 0.134. The van der Waals surface area contributed by atoms with Gasteiger partial charge in [0.25, 0.3) is 0 Å². The van der Waals surface area contributed by atoms with Crippen LogP contribution in [-0.2, 0) is 14.2 Å². The van der Waals surface area contributed by atoms with Gasteiger partial charge in [-0.15, -0.1) is 0 Å². The van der Waals surface area contributed by atoms with Gasteiger partial charge in [-0.2, -0.15) is 0 Å². The third-order valence-electron chi connectivity index (χ3n) is 8.54. The zero-order valence-corrected chi connectivity index (χ0v) is 26.3. The van der Waals surface area contributed by atoms with Crippen LogP contribution < -0.4 is 18.9 Å². The van der Waals surface area contributed by atoms with E-state index < -0.39 is 0 Å². The first-order valence-corrected chi connectivity index (χ1v) is 16.0. The summed E-state index contributed by atoms with van der Waals surface area (Å²) in [6, 6.07) is 29.0. The third kappa shape index (κ3) is 7.13. The minimum Gasteiger partial charge on any atom is -0.491 e. The van der Waals surface area contributed by atoms with Gasteiger partial charge in [-0.25, -0.2) is 0 Å². The molecule has 47 heavy (non-hydrogen) atoms. The largest absolute Gasteiger partial charge is 0.491 e. The van der Waals surface area contributed by atoms with Crippen molar-refractivity contribution in [1.82, 2.24) is 0 Å². The summed E-state index contributed by atoms with van der Waals surface area (Å²) in [6.07, 6.45) is 4.24. The summed E-state index contributed by atoms with van der Waals surface area (Å²) < 4.78 is 40.8. The summed E-state index contributed by atoms with van der Waals surface area (Å²) in [5, 5.41) is 4.31. The zero-order chi connectivity index (χ0) is 31.7. The molecule has 0 spiro atoms. The van der Waals surface area contributed by atoms with Crippen LogP contribution in [0.25, 0.3) is 38.7 Å². The van der Waals surface area contributed by atoms with E-state index in [9.17, 15) is 0 Å². The van der Waals surface area contributed by atoms with Crippen LogP contribution in [0.4, 0.5) is 0 Å². The second kappa shape index (κ2) is 12.8. The fraction of sp³-hybridized carbons (Fsp3) is 0.250. The Morgan fingerprint density at radius 2 is 1.30 bits per heavy atom. The van der Waals surface area contributed by atoms with Gasteiger partial charge in [0.15, 0.2) is 0 Å². The second-order valence-electron chi connectivity index (χ2n) is 12.2. The van der Waals surface area contributed by atoms with Gasteiger partial charge in [0.1, 0.15) is 66.9 Å². The second-order valence-corrected chi connectivity index (χ2v) is 12.2. The van der Waals surface area contributed by atoms with Gasteiger partial charge in [-0.05, 0) is 106 Å². The number of allylic oxidation sites excluding steroid dienone is 1. The van der Waals surface area contributed by atoms with Crippen LogP contribution in [0.3, 0.4) is 0 Å². The SMILES string of the molecule is C=C/C(=C\c1cc(OCC2CO2)ccc1C)Oc1ccc2ccc(OCC3CO3)c(-c3ccc4ccc(OCC5CO5)cc4c3)c2c1. The number of aryl methyl sites for hydroxylation is 1. The first-order chi connectivity index (χ1) is 23.1. The van der Waals surface area contributed by atoms with Crippen molar-refractivity contribution in [3.63, 3.8) is 0 Å². The molecule has 0 radical (unpaired) electrons. The first-order valence-electron chi connectivity index (χ1n) is 16.0. The highest BCUT2D eigenvalue weighted by Gasteiger charge is 2.25. The molecule has 5 aromatic rings. The molecule has 3 fully saturated rings. The molecule has 0 aliphatic carbocycles. The van der Waals surface area contributed by atoms with Crippen LogP contribution in [-0.4, -0.2) is 58.0 Å². The Morgan fingerprint density at radius 3 is 2.02 bits per heavy atom. The fourth-order valence-electron chi connectivity index (χ4n) is 5.57. The Kier molecular flexibility index (Phi) is 8.03. The Hall–Kier alpha value is -4.82. The molecule has 3 unspecified atom stereocenters. The molecule has 7 nitrogen and oxygen atoms in total. The molecule has 3 atom stereocenters. The van der Waals surface area contributed by atoms with Crippen LogP contribution in [0.1, 0.15) is 11.1 Å². The molecule has 3 saturated heterocycles. The lowest BCUT2D eigenvalue weighted by molar-refractivity contribution is 0.263. The van der Waals surface area contributed by atoms with E-state index in [4.69, 9.17) is 33.2 Å². The molecule has 8 rings (SSSR count). The number of fused-ring (bicyclic) bond motifs is 2. The van der Waals surface area contributed by atoms with Gasteiger partial charge >= 0.3 is 0 Å². The van der Waals surface area contributed by atoms with E-state index in [1.54, 1.807) is 6.08 Å². The molecule has 5 aromatic carbocycles. The van der Waals surface area contributed by atoms with Crippen molar-refractivity contribution in [2.24, 2.45) is 0 Å². The van der Waals surface area contributed by atoms with Crippen LogP contribution in [0, 0.1) is 6.92 Å². The fourth-order valence-corrected chi connectivity index (χ4v) is 5.57. The van der Waals surface area contributed by atoms with Crippen molar-refractivity contribution in [3.05, 3.63) is 114 Å². The topological polar surface area (TPSA) is 74.5 Å². The van der Waals surface area contributed by atoms with Crippen molar-refractivity contribution in [2.75, 3.05) is 39.6 Å². The Labute approximate surface area is 273 Å². The third-order valence-corrected chi connectivity index (χ3v) is 8.54. The maximum Gasteiger partial charge on any atom is 0.128 e. The monoisotopic (exact) mass is 628 g/mol. The Bertz CT molecular complexity index is 1980. The molecule has 7 heteroatoms. The molecule has 3 aliphatic heterocycles. The molecule has 3 heterocycles. The Morgan fingerprint density at radius 1 is 0.681 bits per heavy atom. The normalized spacial score (nSPS) is 19.8. The standard InChI is InChI=1S/C40H36O7/c1-3-31(15-29-16-32(10-4-25(29)2)41-19-35-21-43-35)47-34-12-8-27-9-13-39(46-24-37-23-45-37)40(38(27)18-34)28-6-5-26-7-11-33(17-30(26)14-28)42-20-36-22-44-36/h3-18,35-37H,1,19-24H2,2H3/b31-15+. The van der Waals surface area contributed by atoms with Crippen molar-refractivity contribution < 1.29 is 33.2 Å². The predicted octanol–water partition coefficient (Wildman–Crippen LogP) is 7.91. The molecule has 3 aliphatic rings. The van der Waals surface area contributed by atoms with E-state index in [1.165, 1.54) is 0 Å². The average molecular weight is 629 g/mol. The number of benzene rings is 5. The van der Waals surface area contributed by atoms with Crippen molar-refractivity contribution >= 4 is 27.6 Å². The Balaban J connectivity index is 1.14. The number of hydrogen-bond acceptors (Lipinski definition) is 7. The summed E-state index contributed by atoms with van der Waals surface area (Å²) in [5.41, 5.74) is 4.14. The van der Waals surface area contributed by atoms with Gasteiger partial charge in [-0.3, -0.25) is 0 Å². The number of epoxide rings is 3. The summed E-state index contributed by atoms with van der Waals surface area (Å²) in [6.45, 7) is 9.97. The summed E-state index contributed by atoms with van der Waals surface area (Å²) >= 11 is 0. The molecule has 0 bridgehead atoms. The van der Waals surface area contributed by atoms with Crippen LogP contribution in [0.5, 0.6) is 23.0 Å². The molecule has 238 valence electrons. The smallest absolute Gasteiger partial charge is 0.128 e. The van der Waals surface area contributed by atoms with Gasteiger partial charge in [-0.1, -0.05) is 43.0 Å². The van der Waals surface area contributed by atoms with Gasteiger partial charge < -0.3 is 33.2 Å². The zero-order valence-electron chi connectivity index (χ0n) is 26.3. The van der Waals surface area contributed by atoms with Crippen molar-refractivity contribution in [3.8, 4) is 34.1 Å². The molecule has 0 N–H and O–H groups in total. The van der Waals surface area contributed by atoms with E-state index in [2.05, 4.69) is 62.0 Å². The maximum atomic E-state index is 6.45. The van der Waals surface area contributed by atoms with Gasteiger partial charge in [0, 0.05) is 5.56 Å². The molecule has 0 amide bonds. The van der Waals surface area contributed by atoms with E-state index in [1.807, 2.05) is 42.5 Å². The van der Waals surface area contributed by atoms with Crippen LogP contribution in [0.2, 0.25) is 0 Å². The highest BCUT2D eigenvalue weighted by atomic mass is 16.6. The number of ether oxygens (including phenoxy) is 7. The lowest BCUT2D eigenvalue weighted by Crippen LogP contribution is -2.05. The summed E-state index contributed by atoms with van der Waals surface area (Å²) in [7, 11) is 0. The predicted molar refractivity (Wildman–Crippen MR) is 183 cm³/mol. The average Bonchev–Trinajstić information content (AvgIpc) is 3.94. The number of rotatable bonds is 14. The van der Waals surface area contributed by atoms with Gasteiger partial charge in [0.05, 0.1) is 19.8 Å². The summed E-state index contributed by atoms with van der Waals surface area (Å²) in [4.78, 5) is 0. The van der Waals surface area contributed by atoms with E-state index in [0.717, 1.165) is 80.9 Å². The minimum atomic E-state index is 0.134. The van der Waals surface area contributed by atoms with Crippen LogP contribution >= 0.6 is 0 Å². The van der Waals surface area contributed by atoms with E-state index >= 15 is 0 Å². The van der Waals surface area contributed by atoms with E-state index in [-0.39, 0.29) is 18.3 Å². The van der Waals surface area contributed by atoms with Gasteiger partial charge in [0.2, 0.25) is 0 Å². The maximum absolute atomic E-state index is 6.45. The highest BCUT2D eigenvalue weighted by molar-refractivity contribution is 6.02. The molecular formula is C40H36O7. The molecule has 0 saturated carbocycles. The molecular weight excluding hydrogens is 592 g/mol. The number of hydrogen-bond donors (Lipinski definition) is 0. The molecule has 0 aromatic heterocycles. The first kappa shape index (κ1) is 29.6. The summed E-state index contributed by atoms with van der Waals surface area (Å²) in [5.74, 6) is 3.75.